The Balaban J connectivity index is 1.96. The van der Waals surface area contributed by atoms with Crippen molar-refractivity contribution in [1.82, 2.24) is 14.5 Å². The zero-order valence-electron chi connectivity index (χ0n) is 11.0. The van der Waals surface area contributed by atoms with Crippen LogP contribution in [-0.2, 0) is 11.5 Å². The van der Waals surface area contributed by atoms with Crippen molar-refractivity contribution in [3.63, 3.8) is 0 Å². The molecule has 4 nitrogen and oxygen atoms in total. The number of hydrogen-bond donors (Lipinski definition) is 0. The van der Waals surface area contributed by atoms with E-state index in [9.17, 15) is 0 Å². The summed E-state index contributed by atoms with van der Waals surface area (Å²) in [7, 11) is -1.01. The lowest BCUT2D eigenvalue weighted by atomic mass is 10.4. The Bertz CT molecular complexity index is 536. The van der Waals surface area contributed by atoms with Gasteiger partial charge in [0, 0.05) is 25.4 Å². The van der Waals surface area contributed by atoms with Crippen molar-refractivity contribution in [3.05, 3.63) is 23.1 Å². The van der Waals surface area contributed by atoms with Gasteiger partial charge in [-0.15, -0.1) is 0 Å². The van der Waals surface area contributed by atoms with Gasteiger partial charge in [-0.3, -0.25) is 4.57 Å². The van der Waals surface area contributed by atoms with Gasteiger partial charge < -0.3 is 4.74 Å². The van der Waals surface area contributed by atoms with Crippen LogP contribution < -0.4 is 0 Å². The molecule has 2 aromatic rings. The first-order chi connectivity index (χ1) is 8.46. The van der Waals surface area contributed by atoms with Crippen LogP contribution in [0, 0.1) is 0 Å². The second-order valence-electron chi connectivity index (χ2n) is 5.56. The quantitative estimate of drug-likeness (QED) is 0.623. The van der Waals surface area contributed by atoms with E-state index in [1.807, 2.05) is 10.6 Å². The molecule has 0 unspecified atom stereocenters. The molecule has 0 radical (unpaired) electrons. The Morgan fingerprint density at radius 1 is 1.33 bits per heavy atom. The van der Waals surface area contributed by atoms with Crippen molar-refractivity contribution in [2.75, 3.05) is 6.61 Å². The van der Waals surface area contributed by atoms with Crippen LogP contribution in [0.5, 0.6) is 0 Å². The second kappa shape index (κ2) is 5.50. The third kappa shape index (κ3) is 3.63. The summed E-state index contributed by atoms with van der Waals surface area (Å²) in [4.78, 5) is 8.66. The highest BCUT2D eigenvalue weighted by Gasteiger charge is 2.12. The highest BCUT2D eigenvalue weighted by molar-refractivity contribution is 9.10. The first kappa shape index (κ1) is 13.7. The maximum Gasteiger partial charge on any atom is 0.161 e. The van der Waals surface area contributed by atoms with Gasteiger partial charge in [0.25, 0.3) is 0 Å². The maximum atomic E-state index is 5.70. The Morgan fingerprint density at radius 2 is 2.11 bits per heavy atom. The Morgan fingerprint density at radius 3 is 2.83 bits per heavy atom. The summed E-state index contributed by atoms with van der Waals surface area (Å²) in [5.41, 5.74) is 1.75. The SMILES string of the molecule is C[Si](C)(C)CCOCn1cnc2cc(Br)cnc21. The molecule has 0 aromatic carbocycles. The molecule has 0 aliphatic heterocycles. The van der Waals surface area contributed by atoms with E-state index in [0.717, 1.165) is 22.2 Å². The van der Waals surface area contributed by atoms with E-state index in [0.29, 0.717) is 6.73 Å². The maximum absolute atomic E-state index is 5.70. The van der Waals surface area contributed by atoms with Crippen molar-refractivity contribution < 1.29 is 4.74 Å². The van der Waals surface area contributed by atoms with Crippen LogP contribution in [-0.4, -0.2) is 29.2 Å². The minimum atomic E-state index is -1.01. The predicted octanol–water partition coefficient (Wildman–Crippen LogP) is 3.51. The minimum absolute atomic E-state index is 0.523. The topological polar surface area (TPSA) is 39.9 Å². The first-order valence-corrected chi connectivity index (χ1v) is 10.5. The molecule has 0 amide bonds. The standard InChI is InChI=1S/C12H18BrN3OSi/c1-18(2,3)5-4-17-9-16-8-15-11-6-10(13)7-14-12(11)16/h6-8H,4-5,9H2,1-3H3. The highest BCUT2D eigenvalue weighted by Crippen LogP contribution is 2.16. The molecule has 0 aliphatic rings. The summed E-state index contributed by atoms with van der Waals surface area (Å²) < 4.78 is 8.58. The Hall–Kier alpha value is -0.723. The van der Waals surface area contributed by atoms with Gasteiger partial charge in [0.15, 0.2) is 5.65 Å². The molecule has 0 atom stereocenters. The number of aromatic nitrogens is 3. The fourth-order valence-corrected chi connectivity index (χ4v) is 2.64. The van der Waals surface area contributed by atoms with Gasteiger partial charge in [0.1, 0.15) is 12.2 Å². The average molecular weight is 328 g/mol. The number of nitrogens with zero attached hydrogens (tertiary/aromatic N) is 3. The van der Waals surface area contributed by atoms with E-state index in [4.69, 9.17) is 4.74 Å². The smallest absolute Gasteiger partial charge is 0.161 e. The number of hydrogen-bond acceptors (Lipinski definition) is 3. The van der Waals surface area contributed by atoms with Crippen molar-refractivity contribution in [2.45, 2.75) is 32.4 Å². The minimum Gasteiger partial charge on any atom is -0.361 e. The molecule has 6 heteroatoms. The molecule has 0 spiro atoms. The Labute approximate surface area is 117 Å². The van der Waals surface area contributed by atoms with Crippen LogP contribution in [0.1, 0.15) is 0 Å². The van der Waals surface area contributed by atoms with Crippen LogP contribution in [0.4, 0.5) is 0 Å². The third-order valence-corrected chi connectivity index (χ3v) is 4.79. The van der Waals surface area contributed by atoms with E-state index >= 15 is 0 Å². The van der Waals surface area contributed by atoms with Crippen molar-refractivity contribution >= 4 is 35.2 Å². The van der Waals surface area contributed by atoms with Crippen molar-refractivity contribution in [1.29, 1.82) is 0 Å². The molecule has 2 heterocycles. The highest BCUT2D eigenvalue weighted by atomic mass is 79.9. The molecular weight excluding hydrogens is 310 g/mol. The molecule has 0 aliphatic carbocycles. The number of fused-ring (bicyclic) bond motifs is 1. The van der Waals surface area contributed by atoms with E-state index in [1.54, 1.807) is 12.5 Å². The third-order valence-electron chi connectivity index (χ3n) is 2.65. The van der Waals surface area contributed by atoms with E-state index in [1.165, 1.54) is 6.04 Å². The molecule has 0 N–H and O–H groups in total. The molecule has 98 valence electrons. The molecule has 2 rings (SSSR count). The number of halogens is 1. The largest absolute Gasteiger partial charge is 0.361 e. The summed E-state index contributed by atoms with van der Waals surface area (Å²) in [5.74, 6) is 0. The first-order valence-electron chi connectivity index (χ1n) is 6.00. The lowest BCUT2D eigenvalue weighted by Gasteiger charge is -2.15. The van der Waals surface area contributed by atoms with Crippen LogP contribution in [0.25, 0.3) is 11.2 Å². The number of pyridine rings is 1. The fourth-order valence-electron chi connectivity index (χ4n) is 1.56. The van der Waals surface area contributed by atoms with Gasteiger partial charge in [0.2, 0.25) is 0 Å². The number of ether oxygens (including phenoxy) is 1. The van der Waals surface area contributed by atoms with Crippen molar-refractivity contribution in [2.24, 2.45) is 0 Å². The molecular formula is C12H18BrN3OSi. The predicted molar refractivity (Wildman–Crippen MR) is 79.3 cm³/mol. The van der Waals surface area contributed by atoms with Gasteiger partial charge >= 0.3 is 0 Å². The van der Waals surface area contributed by atoms with Crippen LogP contribution in [0.3, 0.4) is 0 Å². The lowest BCUT2D eigenvalue weighted by Crippen LogP contribution is -2.22. The average Bonchev–Trinajstić information content (AvgIpc) is 2.65. The molecule has 0 fully saturated rings. The summed E-state index contributed by atoms with van der Waals surface area (Å²) in [6.07, 6.45) is 3.56. The molecule has 2 aromatic heterocycles. The number of imidazole rings is 1. The van der Waals surface area contributed by atoms with E-state index in [-0.39, 0.29) is 0 Å². The van der Waals surface area contributed by atoms with Gasteiger partial charge in [-0.1, -0.05) is 19.6 Å². The lowest BCUT2D eigenvalue weighted by molar-refractivity contribution is 0.0895. The normalized spacial score (nSPS) is 12.2. The van der Waals surface area contributed by atoms with Gasteiger partial charge in [0.05, 0.1) is 6.33 Å². The molecule has 0 saturated heterocycles. The zero-order valence-corrected chi connectivity index (χ0v) is 13.6. The zero-order chi connectivity index (χ0) is 13.2. The van der Waals surface area contributed by atoms with Gasteiger partial charge in [-0.2, -0.15) is 0 Å². The summed E-state index contributed by atoms with van der Waals surface area (Å²) in [6, 6.07) is 3.14. The molecule has 18 heavy (non-hydrogen) atoms. The van der Waals surface area contributed by atoms with Crippen LogP contribution >= 0.6 is 15.9 Å². The summed E-state index contributed by atoms with van der Waals surface area (Å²) >= 11 is 3.39. The molecule has 0 bridgehead atoms. The van der Waals surface area contributed by atoms with Crippen LogP contribution in [0.2, 0.25) is 25.7 Å². The van der Waals surface area contributed by atoms with Gasteiger partial charge in [-0.05, 0) is 28.0 Å². The van der Waals surface area contributed by atoms with Crippen LogP contribution in [0.15, 0.2) is 23.1 Å². The summed E-state index contributed by atoms with van der Waals surface area (Å²) in [5, 5.41) is 0. The van der Waals surface area contributed by atoms with E-state index < -0.39 is 8.07 Å². The fraction of sp³-hybridized carbons (Fsp3) is 0.500. The molecule has 0 saturated carbocycles. The summed E-state index contributed by atoms with van der Waals surface area (Å²) in [6.45, 7) is 8.38. The van der Waals surface area contributed by atoms with E-state index in [2.05, 4.69) is 45.5 Å². The Kier molecular flexibility index (Phi) is 4.19. The monoisotopic (exact) mass is 327 g/mol. The second-order valence-corrected chi connectivity index (χ2v) is 12.1. The number of rotatable bonds is 5. The van der Waals surface area contributed by atoms with Crippen molar-refractivity contribution in [3.8, 4) is 0 Å². The van der Waals surface area contributed by atoms with Gasteiger partial charge in [-0.25, -0.2) is 9.97 Å².